The third-order valence-corrected chi connectivity index (χ3v) is 5.49. The van der Waals surface area contributed by atoms with Crippen LogP contribution in [0, 0.1) is 5.82 Å². The molecule has 162 valence electrons. The number of rotatable bonds is 5. The van der Waals surface area contributed by atoms with Gasteiger partial charge in [-0.25, -0.2) is 19.0 Å². The second-order valence-corrected chi connectivity index (χ2v) is 8.20. The van der Waals surface area contributed by atoms with Crippen LogP contribution in [0.25, 0.3) is 22.3 Å². The number of nitrogens with zero attached hydrogens (tertiary/aromatic N) is 6. The SMILES string of the molecule is CN(C)C/C=C/C(=O)N1CC[C@@H](n2nc(-c3ccc(Cl)cc3F)c3c(N)ncnc32)C1. The molecule has 1 aromatic carbocycles. The molecular weight excluding hydrogens is 421 g/mol. The summed E-state index contributed by atoms with van der Waals surface area (Å²) in [5.41, 5.74) is 7.25. The van der Waals surface area contributed by atoms with Gasteiger partial charge in [-0.1, -0.05) is 17.7 Å². The van der Waals surface area contributed by atoms with Gasteiger partial charge in [-0.15, -0.1) is 0 Å². The number of benzene rings is 1. The maximum atomic E-state index is 14.6. The number of nitrogen functional groups attached to an aromatic ring is 1. The molecule has 2 N–H and O–H groups in total. The number of halogens is 2. The third-order valence-electron chi connectivity index (χ3n) is 5.26. The summed E-state index contributed by atoms with van der Waals surface area (Å²) >= 11 is 5.90. The highest BCUT2D eigenvalue weighted by Crippen LogP contribution is 2.35. The van der Waals surface area contributed by atoms with Crippen molar-refractivity contribution in [2.45, 2.75) is 12.5 Å². The van der Waals surface area contributed by atoms with Crippen molar-refractivity contribution in [3.63, 3.8) is 0 Å². The quantitative estimate of drug-likeness (QED) is 0.609. The lowest BCUT2D eigenvalue weighted by Gasteiger charge is -2.15. The summed E-state index contributed by atoms with van der Waals surface area (Å²) in [7, 11) is 3.89. The Kier molecular flexibility index (Phi) is 5.88. The zero-order valence-corrected chi connectivity index (χ0v) is 18.1. The van der Waals surface area contributed by atoms with E-state index in [1.54, 1.807) is 27.8 Å². The maximum Gasteiger partial charge on any atom is 0.246 e. The zero-order chi connectivity index (χ0) is 22.1. The molecule has 0 saturated carbocycles. The molecule has 0 aliphatic carbocycles. The molecule has 4 rings (SSSR count). The number of aromatic nitrogens is 4. The minimum atomic E-state index is -0.503. The van der Waals surface area contributed by atoms with Crippen molar-refractivity contribution in [1.82, 2.24) is 29.5 Å². The van der Waals surface area contributed by atoms with Gasteiger partial charge in [0.2, 0.25) is 5.91 Å². The highest BCUT2D eigenvalue weighted by atomic mass is 35.5. The van der Waals surface area contributed by atoms with Gasteiger partial charge in [0, 0.05) is 36.3 Å². The van der Waals surface area contributed by atoms with Crippen molar-refractivity contribution in [2.75, 3.05) is 39.5 Å². The second kappa shape index (κ2) is 8.60. The molecule has 1 atom stereocenters. The molecule has 0 bridgehead atoms. The van der Waals surface area contributed by atoms with E-state index in [4.69, 9.17) is 17.3 Å². The van der Waals surface area contributed by atoms with Crippen LogP contribution in [0.5, 0.6) is 0 Å². The van der Waals surface area contributed by atoms with E-state index in [9.17, 15) is 9.18 Å². The molecule has 1 aliphatic rings. The van der Waals surface area contributed by atoms with Crippen LogP contribution >= 0.6 is 11.6 Å². The number of likely N-dealkylation sites (tertiary alicyclic amines) is 1. The Bertz CT molecular complexity index is 1160. The Balaban J connectivity index is 1.67. The topological polar surface area (TPSA) is 93.2 Å². The van der Waals surface area contributed by atoms with Gasteiger partial charge in [0.05, 0.1) is 11.4 Å². The summed E-state index contributed by atoms with van der Waals surface area (Å²) in [6, 6.07) is 4.29. The van der Waals surface area contributed by atoms with Crippen molar-refractivity contribution in [3.05, 3.63) is 47.5 Å². The Labute approximate surface area is 184 Å². The molecule has 31 heavy (non-hydrogen) atoms. The lowest BCUT2D eigenvalue weighted by Crippen LogP contribution is -2.28. The van der Waals surface area contributed by atoms with Crippen molar-refractivity contribution in [3.8, 4) is 11.3 Å². The predicted octanol–water partition coefficient (Wildman–Crippen LogP) is 2.76. The van der Waals surface area contributed by atoms with E-state index in [0.29, 0.717) is 47.8 Å². The van der Waals surface area contributed by atoms with Gasteiger partial charge in [-0.05, 0) is 38.7 Å². The largest absolute Gasteiger partial charge is 0.383 e. The first kappa shape index (κ1) is 21.2. The first-order valence-electron chi connectivity index (χ1n) is 9.89. The summed E-state index contributed by atoms with van der Waals surface area (Å²) < 4.78 is 16.4. The van der Waals surface area contributed by atoms with E-state index in [1.165, 1.54) is 12.4 Å². The molecule has 1 amide bonds. The molecule has 1 aliphatic heterocycles. The van der Waals surface area contributed by atoms with Crippen LogP contribution in [0.1, 0.15) is 12.5 Å². The lowest BCUT2D eigenvalue weighted by molar-refractivity contribution is -0.125. The molecular formula is C21H23ClFN7O. The minimum Gasteiger partial charge on any atom is -0.383 e. The second-order valence-electron chi connectivity index (χ2n) is 7.77. The van der Waals surface area contributed by atoms with Crippen LogP contribution in [0.15, 0.2) is 36.7 Å². The summed E-state index contributed by atoms with van der Waals surface area (Å²) in [5.74, 6) is -0.325. The van der Waals surface area contributed by atoms with E-state index in [0.717, 1.165) is 0 Å². The number of carbonyl (C=O) groups excluding carboxylic acids is 1. The normalized spacial score (nSPS) is 16.8. The molecule has 0 radical (unpaired) electrons. The Hall–Kier alpha value is -3.04. The number of likely N-dealkylation sites (N-methyl/N-ethyl adjacent to an activating group) is 1. The molecule has 0 spiro atoms. The summed E-state index contributed by atoms with van der Waals surface area (Å²) in [6.07, 6.45) is 5.50. The van der Waals surface area contributed by atoms with E-state index in [2.05, 4.69) is 15.1 Å². The summed E-state index contributed by atoms with van der Waals surface area (Å²) in [6.45, 7) is 1.77. The molecule has 3 aromatic rings. The van der Waals surface area contributed by atoms with Crippen LogP contribution < -0.4 is 5.73 Å². The van der Waals surface area contributed by atoms with Gasteiger partial charge in [-0.3, -0.25) is 4.79 Å². The van der Waals surface area contributed by atoms with Crippen LogP contribution in [0.3, 0.4) is 0 Å². The van der Waals surface area contributed by atoms with Gasteiger partial charge < -0.3 is 15.5 Å². The highest BCUT2D eigenvalue weighted by molar-refractivity contribution is 6.30. The fraction of sp³-hybridized carbons (Fsp3) is 0.333. The Morgan fingerprint density at radius 3 is 2.94 bits per heavy atom. The Morgan fingerprint density at radius 2 is 2.19 bits per heavy atom. The smallest absolute Gasteiger partial charge is 0.246 e. The van der Waals surface area contributed by atoms with Crippen molar-refractivity contribution >= 4 is 34.4 Å². The van der Waals surface area contributed by atoms with E-state index in [1.807, 2.05) is 25.1 Å². The summed E-state index contributed by atoms with van der Waals surface area (Å²) in [5, 5.41) is 5.44. The molecule has 1 fully saturated rings. The fourth-order valence-electron chi connectivity index (χ4n) is 3.73. The van der Waals surface area contributed by atoms with Crippen LogP contribution in [0.4, 0.5) is 10.2 Å². The van der Waals surface area contributed by atoms with Crippen LogP contribution in [-0.2, 0) is 4.79 Å². The van der Waals surface area contributed by atoms with Gasteiger partial charge in [0.25, 0.3) is 0 Å². The number of hydrogen-bond donors (Lipinski definition) is 1. The molecule has 0 unspecified atom stereocenters. The van der Waals surface area contributed by atoms with E-state index in [-0.39, 0.29) is 23.3 Å². The van der Waals surface area contributed by atoms with E-state index >= 15 is 0 Å². The number of hydrogen-bond acceptors (Lipinski definition) is 6. The number of carbonyl (C=O) groups is 1. The van der Waals surface area contributed by atoms with Crippen LogP contribution in [0.2, 0.25) is 5.02 Å². The van der Waals surface area contributed by atoms with Gasteiger partial charge in [-0.2, -0.15) is 5.10 Å². The van der Waals surface area contributed by atoms with E-state index < -0.39 is 5.82 Å². The van der Waals surface area contributed by atoms with Gasteiger partial charge in [0.1, 0.15) is 23.7 Å². The van der Waals surface area contributed by atoms with Crippen molar-refractivity contribution < 1.29 is 9.18 Å². The third kappa shape index (κ3) is 4.24. The standard InChI is InChI=1S/C21H23ClFN7O/c1-28(2)8-3-4-17(31)29-9-7-14(11-29)30-21-18(20(24)25-12-26-21)19(27-30)15-6-5-13(22)10-16(15)23/h3-6,10,12,14H,7-9,11H2,1-2H3,(H2,24,25,26)/b4-3+/t14-/m1/s1. The summed E-state index contributed by atoms with van der Waals surface area (Å²) in [4.78, 5) is 24.7. The fourth-order valence-corrected chi connectivity index (χ4v) is 3.89. The molecule has 2 aromatic heterocycles. The first-order chi connectivity index (χ1) is 14.8. The van der Waals surface area contributed by atoms with Gasteiger partial charge in [0.15, 0.2) is 5.65 Å². The molecule has 10 heteroatoms. The average molecular weight is 444 g/mol. The predicted molar refractivity (Wildman–Crippen MR) is 118 cm³/mol. The first-order valence-corrected chi connectivity index (χ1v) is 10.3. The number of amides is 1. The number of nitrogens with two attached hydrogens (primary N) is 1. The Morgan fingerprint density at radius 1 is 1.39 bits per heavy atom. The number of fused-ring (bicyclic) bond motifs is 1. The molecule has 8 nitrogen and oxygen atoms in total. The van der Waals surface area contributed by atoms with Crippen molar-refractivity contribution in [2.24, 2.45) is 0 Å². The monoisotopic (exact) mass is 443 g/mol. The maximum absolute atomic E-state index is 14.6. The zero-order valence-electron chi connectivity index (χ0n) is 17.3. The average Bonchev–Trinajstić information content (AvgIpc) is 3.33. The van der Waals surface area contributed by atoms with Gasteiger partial charge >= 0.3 is 0 Å². The molecule has 1 saturated heterocycles. The number of anilines is 1. The minimum absolute atomic E-state index is 0.0427. The van der Waals surface area contributed by atoms with Crippen LogP contribution in [-0.4, -0.2) is 69.2 Å². The lowest BCUT2D eigenvalue weighted by atomic mass is 10.1. The molecule has 3 heterocycles. The van der Waals surface area contributed by atoms with Crippen molar-refractivity contribution in [1.29, 1.82) is 0 Å². The highest BCUT2D eigenvalue weighted by Gasteiger charge is 2.30.